The Morgan fingerprint density at radius 3 is 2.69 bits per heavy atom. The Morgan fingerprint density at radius 1 is 1.25 bits per heavy atom. The molecule has 3 amide bonds. The van der Waals surface area contributed by atoms with Crippen LogP contribution in [0.25, 0.3) is 0 Å². The number of fused-ring (bicyclic) bond motifs is 3. The molecule has 0 spiro atoms. The Morgan fingerprint density at radius 2 is 2.00 bits per heavy atom. The number of hydrogen-bond donors (Lipinski definition) is 2. The van der Waals surface area contributed by atoms with E-state index in [1.165, 1.54) is 9.80 Å². The zero-order valence-electron chi connectivity index (χ0n) is 19.2. The molecule has 196 valence electrons. The Bertz CT molecular complexity index is 1150. The largest absolute Gasteiger partial charge is 0.419 e. The van der Waals surface area contributed by atoms with Crippen molar-refractivity contribution in [2.24, 2.45) is 5.92 Å². The van der Waals surface area contributed by atoms with Gasteiger partial charge in [0.1, 0.15) is 11.5 Å². The summed E-state index contributed by atoms with van der Waals surface area (Å²) in [5.41, 5.74) is -0.261. The lowest BCUT2D eigenvalue weighted by Gasteiger charge is -2.27. The van der Waals surface area contributed by atoms with Gasteiger partial charge in [-0.05, 0) is 18.2 Å². The van der Waals surface area contributed by atoms with Crippen molar-refractivity contribution in [2.75, 3.05) is 38.5 Å². The summed E-state index contributed by atoms with van der Waals surface area (Å²) >= 11 is 0. The molecule has 0 bridgehead atoms. The Kier molecular flexibility index (Phi) is 7.16. The number of hydrogen-bond acceptors (Lipinski definition) is 4. The number of benzene rings is 1. The fourth-order valence-electron chi connectivity index (χ4n) is 4.47. The second kappa shape index (κ2) is 9.99. The molecule has 0 unspecified atom stereocenters. The molecule has 2 aromatic rings. The highest BCUT2D eigenvalue weighted by Gasteiger charge is 2.36. The highest BCUT2D eigenvalue weighted by molar-refractivity contribution is 5.95. The molecule has 2 aliphatic rings. The first-order chi connectivity index (χ1) is 16.9. The number of carbonyl (C=O) groups excluding carboxylic acids is 2. The number of rotatable bonds is 5. The van der Waals surface area contributed by atoms with Crippen LogP contribution in [0.5, 0.6) is 0 Å². The van der Waals surface area contributed by atoms with Crippen molar-refractivity contribution in [3.05, 3.63) is 46.5 Å². The zero-order chi connectivity index (χ0) is 26.2. The van der Waals surface area contributed by atoms with Gasteiger partial charge in [-0.25, -0.2) is 18.0 Å². The van der Waals surface area contributed by atoms with E-state index in [-0.39, 0.29) is 37.1 Å². The van der Waals surface area contributed by atoms with Crippen molar-refractivity contribution in [1.29, 1.82) is 0 Å². The minimum Gasteiger partial charge on any atom is -0.340 e. The standard InChI is InChI=1S/C22H24F6N6O2/c1-32-9-12(7-29-8-18(24)25)10-34-19(20(32)35)14-11-33(5-4-17(14)31-34)21(36)30-13-2-3-16(23)15(6-13)22(26,27)28/h2-3,6,12,18,29H,4-5,7-11H2,1H3,(H,30,36)/t12-/m1/s1. The summed E-state index contributed by atoms with van der Waals surface area (Å²) in [5.74, 6) is -1.94. The van der Waals surface area contributed by atoms with Crippen LogP contribution in [0.15, 0.2) is 18.2 Å². The summed E-state index contributed by atoms with van der Waals surface area (Å²) in [4.78, 5) is 28.7. The first kappa shape index (κ1) is 25.8. The maximum absolute atomic E-state index is 13.6. The van der Waals surface area contributed by atoms with Gasteiger partial charge in [-0.15, -0.1) is 0 Å². The van der Waals surface area contributed by atoms with E-state index < -0.39 is 36.6 Å². The van der Waals surface area contributed by atoms with E-state index in [1.807, 2.05) is 0 Å². The predicted molar refractivity (Wildman–Crippen MR) is 116 cm³/mol. The van der Waals surface area contributed by atoms with E-state index in [9.17, 15) is 35.9 Å². The Labute approximate surface area is 202 Å². The van der Waals surface area contributed by atoms with Crippen LogP contribution < -0.4 is 10.6 Å². The number of alkyl halides is 5. The topological polar surface area (TPSA) is 82.5 Å². The molecule has 0 radical (unpaired) electrons. The fourth-order valence-corrected chi connectivity index (χ4v) is 4.47. The normalized spacial score (nSPS) is 18.2. The Balaban J connectivity index is 1.50. The average Bonchev–Trinajstić information content (AvgIpc) is 3.10. The van der Waals surface area contributed by atoms with Crippen LogP contribution in [-0.4, -0.2) is 71.2 Å². The second-order valence-corrected chi connectivity index (χ2v) is 8.85. The quantitative estimate of drug-likeness (QED) is 0.596. The van der Waals surface area contributed by atoms with Gasteiger partial charge in [0.25, 0.3) is 12.3 Å². The summed E-state index contributed by atoms with van der Waals surface area (Å²) in [6.45, 7) is 0.640. The van der Waals surface area contributed by atoms with Crippen molar-refractivity contribution >= 4 is 17.6 Å². The number of amides is 3. The van der Waals surface area contributed by atoms with Gasteiger partial charge in [0, 0.05) is 56.8 Å². The summed E-state index contributed by atoms with van der Waals surface area (Å²) in [5, 5.41) is 9.57. The minimum atomic E-state index is -4.92. The molecule has 3 heterocycles. The first-order valence-electron chi connectivity index (χ1n) is 11.2. The van der Waals surface area contributed by atoms with Gasteiger partial charge in [0.15, 0.2) is 0 Å². The number of aromatic nitrogens is 2. The lowest BCUT2D eigenvalue weighted by Crippen LogP contribution is -2.40. The monoisotopic (exact) mass is 518 g/mol. The van der Waals surface area contributed by atoms with Crippen LogP contribution in [0.2, 0.25) is 0 Å². The van der Waals surface area contributed by atoms with Crippen molar-refractivity contribution in [1.82, 2.24) is 24.9 Å². The van der Waals surface area contributed by atoms with Crippen LogP contribution in [0.4, 0.5) is 36.8 Å². The summed E-state index contributed by atoms with van der Waals surface area (Å²) in [6, 6.07) is 1.48. The van der Waals surface area contributed by atoms with E-state index in [2.05, 4.69) is 15.7 Å². The lowest BCUT2D eigenvalue weighted by molar-refractivity contribution is -0.139. The van der Waals surface area contributed by atoms with E-state index in [0.717, 1.165) is 6.07 Å². The molecule has 0 fully saturated rings. The molecule has 2 aliphatic heterocycles. The number of carbonyl (C=O) groups is 2. The van der Waals surface area contributed by atoms with Gasteiger partial charge in [-0.2, -0.15) is 18.3 Å². The number of urea groups is 1. The molecule has 8 nitrogen and oxygen atoms in total. The molecule has 4 rings (SSSR count). The maximum atomic E-state index is 13.6. The fraction of sp³-hybridized carbons (Fsp3) is 0.500. The minimum absolute atomic E-state index is 0.00228. The van der Waals surface area contributed by atoms with Gasteiger partial charge < -0.3 is 20.4 Å². The SMILES string of the molecule is CN1C[C@@H](CNCC(F)F)Cn2nc3c(c2C1=O)CN(C(=O)Nc1ccc(F)c(C(F)(F)F)c1)CC3. The van der Waals surface area contributed by atoms with Gasteiger partial charge in [0.05, 0.1) is 24.3 Å². The van der Waals surface area contributed by atoms with Crippen molar-refractivity contribution < 1.29 is 35.9 Å². The maximum Gasteiger partial charge on any atom is 0.419 e. The summed E-state index contributed by atoms with van der Waals surface area (Å²) in [7, 11) is 1.59. The lowest BCUT2D eigenvalue weighted by atomic mass is 10.0. The van der Waals surface area contributed by atoms with Crippen LogP contribution >= 0.6 is 0 Å². The zero-order valence-corrected chi connectivity index (χ0v) is 19.2. The van der Waals surface area contributed by atoms with Crippen LogP contribution in [0.3, 0.4) is 0 Å². The average molecular weight is 518 g/mol. The van der Waals surface area contributed by atoms with Gasteiger partial charge in [0.2, 0.25) is 0 Å². The van der Waals surface area contributed by atoms with Gasteiger partial charge >= 0.3 is 12.2 Å². The van der Waals surface area contributed by atoms with Gasteiger partial charge in [-0.3, -0.25) is 9.48 Å². The van der Waals surface area contributed by atoms with Crippen LogP contribution in [0, 0.1) is 11.7 Å². The molecule has 0 saturated heterocycles. The molecule has 14 heteroatoms. The molecule has 0 saturated carbocycles. The van der Waals surface area contributed by atoms with Crippen LogP contribution in [-0.2, 0) is 25.7 Å². The first-order valence-corrected chi connectivity index (χ1v) is 11.2. The third-order valence-corrected chi connectivity index (χ3v) is 6.16. The number of nitrogens with one attached hydrogen (secondary N) is 2. The van der Waals surface area contributed by atoms with E-state index in [1.54, 1.807) is 11.7 Å². The molecule has 0 aliphatic carbocycles. The summed E-state index contributed by atoms with van der Waals surface area (Å²) in [6.07, 6.45) is -7.10. The molecular weight excluding hydrogens is 494 g/mol. The number of anilines is 1. The molecule has 1 atom stereocenters. The second-order valence-electron chi connectivity index (χ2n) is 8.85. The molecular formula is C22H24F6N6O2. The van der Waals surface area contributed by atoms with E-state index in [4.69, 9.17) is 0 Å². The van der Waals surface area contributed by atoms with Crippen molar-refractivity contribution in [3.8, 4) is 0 Å². The van der Waals surface area contributed by atoms with Crippen molar-refractivity contribution in [2.45, 2.75) is 32.1 Å². The van der Waals surface area contributed by atoms with E-state index >= 15 is 0 Å². The predicted octanol–water partition coefficient (Wildman–Crippen LogP) is 3.19. The third kappa shape index (κ3) is 5.42. The highest BCUT2D eigenvalue weighted by atomic mass is 19.4. The molecule has 2 N–H and O–H groups in total. The molecule has 1 aromatic carbocycles. The molecule has 36 heavy (non-hydrogen) atoms. The number of nitrogens with zero attached hydrogens (tertiary/aromatic N) is 4. The third-order valence-electron chi connectivity index (χ3n) is 6.16. The highest BCUT2D eigenvalue weighted by Crippen LogP contribution is 2.33. The summed E-state index contributed by atoms with van der Waals surface area (Å²) < 4.78 is 79.1. The molecule has 1 aromatic heterocycles. The van der Waals surface area contributed by atoms with Gasteiger partial charge in [-0.1, -0.05) is 0 Å². The van der Waals surface area contributed by atoms with Crippen molar-refractivity contribution in [3.63, 3.8) is 0 Å². The van der Waals surface area contributed by atoms with E-state index in [0.29, 0.717) is 48.6 Å². The Hall–Kier alpha value is -3.29. The number of halogens is 6. The van der Waals surface area contributed by atoms with Crippen LogP contribution in [0.1, 0.15) is 27.3 Å². The smallest absolute Gasteiger partial charge is 0.340 e.